The predicted octanol–water partition coefficient (Wildman–Crippen LogP) is 0.392. The summed E-state index contributed by atoms with van der Waals surface area (Å²) >= 11 is 0. The van der Waals surface area contributed by atoms with Gasteiger partial charge in [0.2, 0.25) is 0 Å². The Kier molecular flexibility index (Phi) is 5.39. The molecule has 0 bridgehead atoms. The van der Waals surface area contributed by atoms with Crippen molar-refractivity contribution in [1.29, 1.82) is 0 Å². The van der Waals surface area contributed by atoms with Crippen molar-refractivity contribution in [1.82, 2.24) is 0 Å². The van der Waals surface area contributed by atoms with E-state index in [0.29, 0.717) is 11.1 Å². The molecule has 4 rings (SSSR count). The van der Waals surface area contributed by atoms with E-state index in [-0.39, 0.29) is 16.9 Å². The van der Waals surface area contributed by atoms with Crippen LogP contribution in [0.5, 0.6) is 5.75 Å². The molecule has 2 aromatic rings. The Morgan fingerprint density at radius 1 is 1.00 bits per heavy atom. The number of aliphatic hydroxyl groups is 5. The third-order valence-electron chi connectivity index (χ3n) is 5.98. The monoisotopic (exact) mass is 418 g/mol. The first kappa shape index (κ1) is 18.7. The summed E-state index contributed by atoms with van der Waals surface area (Å²) in [6.45, 7) is -1.04. The number of benzene rings is 2. The van der Waals surface area contributed by atoms with Gasteiger partial charge < -0.3 is 35.0 Å². The van der Waals surface area contributed by atoms with Crippen LogP contribution in [-0.4, -0.2) is 63.7 Å². The lowest BCUT2D eigenvalue weighted by Gasteiger charge is -2.41. The SMILES string of the molecule is [2H]C([2H])(c1ccc2c(c1)CC2)c1cc([C@@H]2O[C@H](CO)[C@@H](O)[C@H](O)[C@H]2O)c(CO)cc1OC. The fourth-order valence-corrected chi connectivity index (χ4v) is 4.09. The molecule has 0 amide bonds. The van der Waals surface area contributed by atoms with Gasteiger partial charge in [-0.05, 0) is 58.4 Å². The van der Waals surface area contributed by atoms with Crippen LogP contribution in [0.3, 0.4) is 0 Å². The van der Waals surface area contributed by atoms with E-state index >= 15 is 0 Å². The van der Waals surface area contributed by atoms with Gasteiger partial charge in [0.1, 0.15) is 36.3 Å². The highest BCUT2D eigenvalue weighted by molar-refractivity contribution is 5.48. The second-order valence-corrected chi connectivity index (χ2v) is 7.77. The number of aryl methyl sites for hydroxylation is 2. The van der Waals surface area contributed by atoms with Crippen molar-refractivity contribution in [2.75, 3.05) is 13.7 Å². The number of ether oxygens (including phenoxy) is 2. The molecule has 0 spiro atoms. The average Bonchev–Trinajstić information content (AvgIpc) is 2.77. The van der Waals surface area contributed by atoms with Crippen molar-refractivity contribution in [3.8, 4) is 5.75 Å². The molecule has 0 saturated carbocycles. The first-order valence-corrected chi connectivity index (χ1v) is 9.97. The van der Waals surface area contributed by atoms with Crippen LogP contribution in [0.25, 0.3) is 0 Å². The topological polar surface area (TPSA) is 120 Å². The minimum absolute atomic E-state index is 0.170. The molecule has 1 aliphatic carbocycles. The van der Waals surface area contributed by atoms with E-state index in [9.17, 15) is 25.5 Å². The van der Waals surface area contributed by atoms with Crippen molar-refractivity contribution in [3.63, 3.8) is 0 Å². The highest BCUT2D eigenvalue weighted by Gasteiger charge is 2.44. The second kappa shape index (κ2) is 8.63. The summed E-state index contributed by atoms with van der Waals surface area (Å²) in [5, 5.41) is 50.3. The summed E-state index contributed by atoms with van der Waals surface area (Å²) < 4.78 is 28.8. The Labute approximate surface area is 177 Å². The Hall–Kier alpha value is -2.00. The highest BCUT2D eigenvalue weighted by atomic mass is 16.5. The first-order chi connectivity index (χ1) is 15.2. The molecule has 1 aliphatic heterocycles. The summed E-state index contributed by atoms with van der Waals surface area (Å²) in [7, 11) is 1.40. The minimum atomic E-state index is -1.97. The van der Waals surface area contributed by atoms with Gasteiger partial charge in [-0.25, -0.2) is 0 Å². The van der Waals surface area contributed by atoms with Gasteiger partial charge in [0.15, 0.2) is 0 Å². The normalized spacial score (nSPS) is 29.5. The smallest absolute Gasteiger partial charge is 0.122 e. The molecular weight excluding hydrogens is 388 g/mol. The van der Waals surface area contributed by atoms with Gasteiger partial charge in [-0.3, -0.25) is 0 Å². The van der Waals surface area contributed by atoms with Crippen molar-refractivity contribution in [2.45, 2.75) is 56.3 Å². The highest BCUT2D eigenvalue weighted by Crippen LogP contribution is 2.37. The number of fused-ring (bicyclic) bond motifs is 1. The van der Waals surface area contributed by atoms with Gasteiger partial charge in [-0.1, -0.05) is 18.2 Å². The van der Waals surface area contributed by atoms with E-state index in [1.165, 1.54) is 24.8 Å². The summed E-state index contributed by atoms with van der Waals surface area (Å²) in [6, 6.07) is 8.43. The Balaban J connectivity index is 1.82. The quantitative estimate of drug-likeness (QED) is 0.460. The van der Waals surface area contributed by atoms with Gasteiger partial charge in [-0.15, -0.1) is 0 Å². The molecule has 5 atom stereocenters. The van der Waals surface area contributed by atoms with E-state index in [4.69, 9.17) is 12.2 Å². The number of methoxy groups -OCH3 is 1. The van der Waals surface area contributed by atoms with Gasteiger partial charge in [0.25, 0.3) is 0 Å². The largest absolute Gasteiger partial charge is 0.496 e. The van der Waals surface area contributed by atoms with Crippen LogP contribution in [-0.2, 0) is 30.6 Å². The lowest BCUT2D eigenvalue weighted by molar-refractivity contribution is -0.232. The summed E-state index contributed by atoms with van der Waals surface area (Å²) in [5.41, 5.74) is 3.48. The predicted molar refractivity (Wildman–Crippen MR) is 108 cm³/mol. The molecule has 7 heteroatoms. The molecule has 1 fully saturated rings. The Bertz CT molecular complexity index is 995. The first-order valence-electron chi connectivity index (χ1n) is 11.0. The van der Waals surface area contributed by atoms with Gasteiger partial charge in [0.05, 0.1) is 20.3 Å². The fourth-order valence-electron chi connectivity index (χ4n) is 4.09. The third kappa shape index (κ3) is 3.73. The fraction of sp³-hybridized carbons (Fsp3) is 0.478. The number of rotatable bonds is 6. The van der Waals surface area contributed by atoms with Gasteiger partial charge in [-0.2, -0.15) is 0 Å². The van der Waals surface area contributed by atoms with E-state index in [1.807, 2.05) is 12.1 Å². The number of hydrogen-bond donors (Lipinski definition) is 5. The van der Waals surface area contributed by atoms with Crippen LogP contribution in [0.2, 0.25) is 0 Å². The maximum Gasteiger partial charge on any atom is 0.122 e. The molecule has 0 unspecified atom stereocenters. The number of hydrogen-bond acceptors (Lipinski definition) is 7. The molecule has 2 aromatic carbocycles. The molecule has 1 saturated heterocycles. The van der Waals surface area contributed by atoms with Crippen molar-refractivity contribution in [3.05, 3.63) is 63.7 Å². The van der Waals surface area contributed by atoms with Crippen LogP contribution in [0.15, 0.2) is 30.3 Å². The maximum atomic E-state index is 10.6. The summed E-state index contributed by atoms with van der Waals surface area (Å²) in [5.74, 6) is 0.218. The zero-order chi connectivity index (χ0) is 23.2. The number of aliphatic hydroxyl groups excluding tert-OH is 5. The van der Waals surface area contributed by atoms with Crippen LogP contribution in [0.1, 0.15) is 42.2 Å². The molecule has 5 N–H and O–H groups in total. The Morgan fingerprint density at radius 2 is 1.77 bits per heavy atom. The molecule has 0 aromatic heterocycles. The zero-order valence-corrected chi connectivity index (χ0v) is 16.7. The van der Waals surface area contributed by atoms with E-state index in [1.54, 1.807) is 6.07 Å². The van der Waals surface area contributed by atoms with Crippen LogP contribution >= 0.6 is 0 Å². The van der Waals surface area contributed by atoms with E-state index < -0.39 is 50.1 Å². The summed E-state index contributed by atoms with van der Waals surface area (Å²) in [6.07, 6.45) is -7.08. The lowest BCUT2D eigenvalue weighted by atomic mass is 9.85. The second-order valence-electron chi connectivity index (χ2n) is 7.77. The molecule has 30 heavy (non-hydrogen) atoms. The third-order valence-corrected chi connectivity index (χ3v) is 5.98. The maximum absolute atomic E-state index is 10.6. The lowest BCUT2D eigenvalue weighted by Crippen LogP contribution is -2.55. The van der Waals surface area contributed by atoms with Crippen molar-refractivity contribution in [2.24, 2.45) is 0 Å². The van der Waals surface area contributed by atoms with Crippen LogP contribution in [0, 0.1) is 0 Å². The van der Waals surface area contributed by atoms with Crippen LogP contribution in [0.4, 0.5) is 0 Å². The molecule has 1 heterocycles. The van der Waals surface area contributed by atoms with Gasteiger partial charge >= 0.3 is 0 Å². The minimum Gasteiger partial charge on any atom is -0.496 e. The Morgan fingerprint density at radius 3 is 2.37 bits per heavy atom. The molecular formula is C23H28O7. The van der Waals surface area contributed by atoms with Crippen molar-refractivity contribution < 1.29 is 37.7 Å². The van der Waals surface area contributed by atoms with E-state index in [0.717, 1.165) is 18.4 Å². The zero-order valence-electron chi connectivity index (χ0n) is 18.7. The molecule has 7 nitrogen and oxygen atoms in total. The van der Waals surface area contributed by atoms with Crippen LogP contribution < -0.4 is 4.74 Å². The molecule has 0 radical (unpaired) electrons. The standard InChI is InChI=1S/C23H28O7/c1-29-18-9-16(10-24)17(23-22(28)21(27)20(26)19(11-25)30-23)8-15(18)7-12-2-3-13-4-5-14(13)6-12/h2-3,6,8-9,19-28H,4-5,7,10-11H2,1H3/t19-,20-,21+,22-,23+/m1/s1/i7D2. The van der Waals surface area contributed by atoms with Gasteiger partial charge in [0, 0.05) is 9.11 Å². The van der Waals surface area contributed by atoms with Crippen molar-refractivity contribution >= 4 is 0 Å². The van der Waals surface area contributed by atoms with E-state index in [2.05, 4.69) is 0 Å². The molecule has 162 valence electrons. The average molecular weight is 418 g/mol. The molecule has 2 aliphatic rings. The summed E-state index contributed by atoms with van der Waals surface area (Å²) in [4.78, 5) is 0.